The van der Waals surface area contributed by atoms with E-state index in [1.54, 1.807) is 0 Å². The number of rotatable bonds is 0. The Kier molecular flexibility index (Phi) is 3.32. The maximum Gasteiger partial charge on any atom is 0.0597 e. The molecule has 1 saturated heterocycles. The molecule has 4 heteroatoms. The monoisotopic (exact) mass is 184 g/mol. The van der Waals surface area contributed by atoms with Gasteiger partial charge in [0.25, 0.3) is 0 Å². The number of thioether (sulfide) groups is 1. The smallest absolute Gasteiger partial charge is 0.0597 e. The first-order valence-corrected chi connectivity index (χ1v) is 6.98. The van der Waals surface area contributed by atoms with Gasteiger partial charge in [-0.3, -0.25) is 0 Å². The van der Waals surface area contributed by atoms with Crippen LogP contribution >= 0.6 is 43.2 Å². The molecule has 0 spiro atoms. The van der Waals surface area contributed by atoms with Crippen LogP contribution in [0.15, 0.2) is 0 Å². The number of hydrogen-bond acceptors (Lipinski definition) is 4. The predicted molar refractivity (Wildman–Crippen MR) is 49.3 cm³/mol. The van der Waals surface area contributed by atoms with Crippen LogP contribution in [-0.4, -0.2) is 9.16 Å². The van der Waals surface area contributed by atoms with E-state index in [2.05, 4.69) is 13.8 Å². The van der Waals surface area contributed by atoms with Crippen LogP contribution in [0.2, 0.25) is 0 Å². The molecular weight excluding hydrogens is 176 g/mol. The molecule has 2 unspecified atom stereocenters. The summed E-state index contributed by atoms with van der Waals surface area (Å²) in [5.41, 5.74) is 0. The minimum atomic E-state index is 0.788. The van der Waals surface area contributed by atoms with Crippen LogP contribution in [0.3, 0.4) is 0 Å². The third-order valence-electron chi connectivity index (χ3n) is 0.733. The van der Waals surface area contributed by atoms with Crippen LogP contribution in [0.4, 0.5) is 0 Å². The fraction of sp³-hybridized carbons (Fsp3) is 1.00. The number of hydrogen-bond donors (Lipinski definition) is 0. The van der Waals surface area contributed by atoms with Crippen molar-refractivity contribution in [3.63, 3.8) is 0 Å². The van der Waals surface area contributed by atoms with Crippen molar-refractivity contribution in [3.8, 4) is 0 Å². The Balaban J connectivity index is 2.23. The lowest BCUT2D eigenvalue weighted by Gasteiger charge is -2.20. The van der Waals surface area contributed by atoms with E-state index in [0.717, 1.165) is 9.16 Å². The minimum absolute atomic E-state index is 0.788. The molecule has 2 atom stereocenters. The van der Waals surface area contributed by atoms with E-state index < -0.39 is 0 Å². The van der Waals surface area contributed by atoms with E-state index in [4.69, 9.17) is 0 Å². The van der Waals surface area contributed by atoms with Crippen LogP contribution in [-0.2, 0) is 0 Å². The van der Waals surface area contributed by atoms with Crippen molar-refractivity contribution in [3.05, 3.63) is 0 Å². The van der Waals surface area contributed by atoms with E-state index in [1.807, 2.05) is 43.2 Å². The third kappa shape index (κ3) is 2.33. The molecule has 0 aromatic heterocycles. The topological polar surface area (TPSA) is 0 Å². The van der Waals surface area contributed by atoms with Crippen molar-refractivity contribution < 1.29 is 0 Å². The van der Waals surface area contributed by atoms with Crippen LogP contribution in [0.25, 0.3) is 0 Å². The van der Waals surface area contributed by atoms with Crippen molar-refractivity contribution in [2.24, 2.45) is 0 Å². The lowest BCUT2D eigenvalue weighted by molar-refractivity contribution is 1.36. The maximum atomic E-state index is 2.26. The molecular formula is C4H8S4. The molecule has 8 heavy (non-hydrogen) atoms. The molecule has 0 nitrogen and oxygen atoms in total. The van der Waals surface area contributed by atoms with Gasteiger partial charge in [-0.2, -0.15) is 0 Å². The molecule has 0 aromatic carbocycles. The molecule has 0 aromatic rings. The average Bonchev–Trinajstić information content (AvgIpc) is 1.64. The molecule has 1 fully saturated rings. The molecule has 0 bridgehead atoms. The Morgan fingerprint density at radius 2 is 1.50 bits per heavy atom. The first kappa shape index (κ1) is 7.51. The standard InChI is InChI=1S/C4H8S4/c1-3-5-4(2)7-8-6-3/h3-4H,1-2H3. The zero-order valence-electron chi connectivity index (χ0n) is 4.79. The zero-order chi connectivity index (χ0) is 5.98. The maximum absolute atomic E-state index is 2.26. The summed E-state index contributed by atoms with van der Waals surface area (Å²) in [5, 5.41) is 0. The summed E-state index contributed by atoms with van der Waals surface area (Å²) < 4.78 is 1.58. The molecule has 0 amide bonds. The summed E-state index contributed by atoms with van der Waals surface area (Å²) >= 11 is 2.05. The van der Waals surface area contributed by atoms with Crippen LogP contribution in [0, 0.1) is 0 Å². The summed E-state index contributed by atoms with van der Waals surface area (Å²) in [7, 11) is 5.85. The quantitative estimate of drug-likeness (QED) is 0.529. The van der Waals surface area contributed by atoms with Gasteiger partial charge in [0, 0.05) is 0 Å². The van der Waals surface area contributed by atoms with Crippen molar-refractivity contribution in [1.82, 2.24) is 0 Å². The summed E-state index contributed by atoms with van der Waals surface area (Å²) in [6.07, 6.45) is 0. The fourth-order valence-corrected chi connectivity index (χ4v) is 8.58. The van der Waals surface area contributed by atoms with Gasteiger partial charge in [-0.1, -0.05) is 21.6 Å². The first-order chi connectivity index (χ1) is 3.79. The normalized spacial score (nSPS) is 39.8. The molecule has 0 aliphatic carbocycles. The van der Waals surface area contributed by atoms with Gasteiger partial charge >= 0.3 is 0 Å². The first-order valence-electron chi connectivity index (χ1n) is 2.43. The average molecular weight is 184 g/mol. The molecule has 0 radical (unpaired) electrons. The van der Waals surface area contributed by atoms with Crippen molar-refractivity contribution >= 4 is 43.2 Å². The summed E-state index contributed by atoms with van der Waals surface area (Å²) in [6, 6.07) is 0. The Morgan fingerprint density at radius 3 is 1.75 bits per heavy atom. The Labute approximate surface area is 66.1 Å². The largest absolute Gasteiger partial charge is 0.132 e. The summed E-state index contributed by atoms with van der Waals surface area (Å²) in [6.45, 7) is 4.52. The van der Waals surface area contributed by atoms with Crippen LogP contribution in [0.1, 0.15) is 13.8 Å². The highest BCUT2D eigenvalue weighted by molar-refractivity contribution is 9.11. The van der Waals surface area contributed by atoms with Gasteiger partial charge in [0.2, 0.25) is 0 Å². The van der Waals surface area contributed by atoms with Crippen LogP contribution < -0.4 is 0 Å². The SMILES string of the molecule is CC1SSSC(C)S1. The van der Waals surface area contributed by atoms with Crippen molar-refractivity contribution in [2.75, 3.05) is 0 Å². The molecule has 1 rings (SSSR count). The second kappa shape index (κ2) is 3.54. The van der Waals surface area contributed by atoms with Crippen molar-refractivity contribution in [2.45, 2.75) is 23.0 Å². The fourth-order valence-electron chi connectivity index (χ4n) is 0.449. The van der Waals surface area contributed by atoms with E-state index in [9.17, 15) is 0 Å². The molecule has 1 aliphatic heterocycles. The van der Waals surface area contributed by atoms with Gasteiger partial charge in [0.1, 0.15) is 0 Å². The lowest BCUT2D eigenvalue weighted by atomic mass is 10.9. The molecule has 0 N–H and O–H groups in total. The molecule has 1 aliphatic rings. The van der Waals surface area contributed by atoms with Gasteiger partial charge in [-0.15, -0.1) is 11.8 Å². The van der Waals surface area contributed by atoms with Gasteiger partial charge in [-0.05, 0) is 23.7 Å². The summed E-state index contributed by atoms with van der Waals surface area (Å²) in [4.78, 5) is 0. The Morgan fingerprint density at radius 1 is 1.00 bits per heavy atom. The Hall–Kier alpha value is 1.40. The molecule has 0 saturated carbocycles. The van der Waals surface area contributed by atoms with E-state index >= 15 is 0 Å². The van der Waals surface area contributed by atoms with Gasteiger partial charge in [0.15, 0.2) is 0 Å². The van der Waals surface area contributed by atoms with Gasteiger partial charge in [-0.25, -0.2) is 0 Å². The highest BCUT2D eigenvalue weighted by Crippen LogP contribution is 2.53. The lowest BCUT2D eigenvalue weighted by Crippen LogP contribution is -1.97. The minimum Gasteiger partial charge on any atom is -0.132 e. The van der Waals surface area contributed by atoms with E-state index in [0.29, 0.717) is 0 Å². The predicted octanol–water partition coefficient (Wildman–Crippen LogP) is 3.45. The zero-order valence-corrected chi connectivity index (χ0v) is 8.05. The van der Waals surface area contributed by atoms with Crippen LogP contribution in [0.5, 0.6) is 0 Å². The van der Waals surface area contributed by atoms with E-state index in [1.165, 1.54) is 0 Å². The Bertz CT molecular complexity index is 66.4. The second-order valence-corrected chi connectivity index (χ2v) is 8.54. The van der Waals surface area contributed by atoms with Gasteiger partial charge in [0.05, 0.1) is 9.16 Å². The third-order valence-corrected chi connectivity index (χ3v) is 7.79. The van der Waals surface area contributed by atoms with E-state index in [-0.39, 0.29) is 0 Å². The highest BCUT2D eigenvalue weighted by atomic mass is 33.5. The second-order valence-electron chi connectivity index (χ2n) is 1.53. The van der Waals surface area contributed by atoms with Gasteiger partial charge < -0.3 is 0 Å². The molecule has 1 heterocycles. The summed E-state index contributed by atoms with van der Waals surface area (Å²) in [5.74, 6) is 0. The van der Waals surface area contributed by atoms with Crippen molar-refractivity contribution in [1.29, 1.82) is 0 Å². The highest BCUT2D eigenvalue weighted by Gasteiger charge is 2.16. The molecule has 48 valence electrons.